The van der Waals surface area contributed by atoms with Gasteiger partial charge in [-0.15, -0.1) is 0 Å². The Hall–Kier alpha value is -1.29. The van der Waals surface area contributed by atoms with Crippen molar-refractivity contribution in [2.45, 2.75) is 44.7 Å². The first-order valence-corrected chi connectivity index (χ1v) is 6.89. The van der Waals surface area contributed by atoms with Gasteiger partial charge in [0.2, 0.25) is 0 Å². The second kappa shape index (κ2) is 4.76. The van der Waals surface area contributed by atoms with E-state index in [0.29, 0.717) is 30.0 Å². The van der Waals surface area contributed by atoms with Crippen molar-refractivity contribution in [2.24, 2.45) is 11.7 Å². The van der Waals surface area contributed by atoms with Crippen LogP contribution in [0.5, 0.6) is 0 Å². The number of hydrogen-bond donors (Lipinski definition) is 1. The van der Waals surface area contributed by atoms with Crippen LogP contribution in [0.3, 0.4) is 0 Å². The summed E-state index contributed by atoms with van der Waals surface area (Å²) in [7, 11) is 0. The molecule has 1 amide bonds. The number of furan rings is 1. The van der Waals surface area contributed by atoms with Gasteiger partial charge >= 0.3 is 0 Å². The highest BCUT2D eigenvalue weighted by Crippen LogP contribution is 2.36. The molecule has 2 fully saturated rings. The lowest BCUT2D eigenvalue weighted by Gasteiger charge is -2.31. The van der Waals surface area contributed by atoms with E-state index in [-0.39, 0.29) is 5.91 Å². The fourth-order valence-corrected chi connectivity index (χ4v) is 3.40. The summed E-state index contributed by atoms with van der Waals surface area (Å²) in [5.41, 5.74) is 5.50. The van der Waals surface area contributed by atoms with Crippen molar-refractivity contribution in [3.63, 3.8) is 0 Å². The minimum Gasteiger partial charge on any atom is -0.455 e. The summed E-state index contributed by atoms with van der Waals surface area (Å²) in [5, 5.41) is 0. The van der Waals surface area contributed by atoms with Crippen molar-refractivity contribution in [1.29, 1.82) is 0 Å². The van der Waals surface area contributed by atoms with Crippen molar-refractivity contribution in [1.82, 2.24) is 4.90 Å². The third-order valence-corrected chi connectivity index (χ3v) is 4.34. The van der Waals surface area contributed by atoms with Gasteiger partial charge < -0.3 is 15.1 Å². The summed E-state index contributed by atoms with van der Waals surface area (Å²) in [5.74, 6) is 1.88. The highest BCUT2D eigenvalue weighted by Gasteiger charge is 2.39. The molecule has 1 saturated heterocycles. The Balaban J connectivity index is 1.76. The summed E-state index contributed by atoms with van der Waals surface area (Å²) in [6.45, 7) is 1.23. The van der Waals surface area contributed by atoms with E-state index < -0.39 is 0 Å². The van der Waals surface area contributed by atoms with Crippen LogP contribution in [0, 0.1) is 5.92 Å². The maximum absolute atomic E-state index is 12.4. The molecule has 2 aliphatic rings. The van der Waals surface area contributed by atoms with Crippen LogP contribution in [-0.2, 0) is 6.54 Å². The zero-order chi connectivity index (χ0) is 12.5. The molecule has 4 nitrogen and oxygen atoms in total. The number of carbonyl (C=O) groups is 1. The number of likely N-dealkylation sites (tertiary alicyclic amines) is 1. The monoisotopic (exact) mass is 248 g/mol. The maximum atomic E-state index is 12.4. The van der Waals surface area contributed by atoms with Crippen LogP contribution in [0.25, 0.3) is 0 Å². The van der Waals surface area contributed by atoms with E-state index in [2.05, 4.69) is 0 Å². The molecule has 18 heavy (non-hydrogen) atoms. The van der Waals surface area contributed by atoms with E-state index >= 15 is 0 Å². The van der Waals surface area contributed by atoms with Gasteiger partial charge in [-0.2, -0.15) is 0 Å². The molecule has 0 bridgehead atoms. The summed E-state index contributed by atoms with van der Waals surface area (Å²) in [6, 6.07) is 3.99. The number of fused-ring (bicyclic) bond motifs is 1. The molecule has 2 heterocycles. The molecule has 98 valence electrons. The molecule has 1 aromatic rings. The predicted octanol–water partition coefficient (Wildman–Crippen LogP) is 2.14. The maximum Gasteiger partial charge on any atom is 0.289 e. The van der Waals surface area contributed by atoms with E-state index in [9.17, 15) is 4.79 Å². The molecular weight excluding hydrogens is 228 g/mol. The summed E-state index contributed by atoms with van der Waals surface area (Å²) in [6.07, 6.45) is 6.15. The van der Waals surface area contributed by atoms with Gasteiger partial charge in [-0.1, -0.05) is 12.8 Å². The Bertz CT molecular complexity index is 441. The third kappa shape index (κ3) is 1.94. The van der Waals surface area contributed by atoms with Gasteiger partial charge in [0.1, 0.15) is 5.76 Å². The van der Waals surface area contributed by atoms with Gasteiger partial charge in [-0.25, -0.2) is 0 Å². The Morgan fingerprint density at radius 3 is 2.94 bits per heavy atom. The third-order valence-electron chi connectivity index (χ3n) is 4.34. The lowest BCUT2D eigenvalue weighted by atomic mass is 9.85. The van der Waals surface area contributed by atoms with Crippen LogP contribution in [0.4, 0.5) is 0 Å². The van der Waals surface area contributed by atoms with Gasteiger partial charge in [0, 0.05) is 12.6 Å². The fourth-order valence-electron chi connectivity index (χ4n) is 3.40. The van der Waals surface area contributed by atoms with E-state index in [1.807, 2.05) is 4.90 Å². The Morgan fingerprint density at radius 2 is 2.17 bits per heavy atom. The Kier molecular flexibility index (Phi) is 3.12. The highest BCUT2D eigenvalue weighted by molar-refractivity contribution is 5.92. The predicted molar refractivity (Wildman–Crippen MR) is 68.0 cm³/mol. The first-order chi connectivity index (χ1) is 8.79. The highest BCUT2D eigenvalue weighted by atomic mass is 16.4. The van der Waals surface area contributed by atoms with Gasteiger partial charge in [0.25, 0.3) is 5.91 Å². The van der Waals surface area contributed by atoms with Crippen LogP contribution in [-0.4, -0.2) is 23.4 Å². The topological polar surface area (TPSA) is 59.5 Å². The van der Waals surface area contributed by atoms with E-state index in [0.717, 1.165) is 19.4 Å². The molecule has 0 aromatic carbocycles. The summed E-state index contributed by atoms with van der Waals surface area (Å²) >= 11 is 0. The van der Waals surface area contributed by atoms with Gasteiger partial charge in [-0.3, -0.25) is 4.79 Å². The number of nitrogens with zero attached hydrogens (tertiary/aromatic N) is 1. The molecule has 2 atom stereocenters. The van der Waals surface area contributed by atoms with Crippen molar-refractivity contribution in [2.75, 3.05) is 6.54 Å². The number of rotatable bonds is 2. The van der Waals surface area contributed by atoms with E-state index in [1.165, 1.54) is 19.3 Å². The fraction of sp³-hybridized carbons (Fsp3) is 0.643. The molecular formula is C14H20N2O2. The lowest BCUT2D eigenvalue weighted by molar-refractivity contribution is 0.0656. The Labute approximate surface area is 107 Å². The SMILES string of the molecule is NCc1ccc(C(=O)N2CCC3CCCCC32)o1. The van der Waals surface area contributed by atoms with Crippen LogP contribution < -0.4 is 5.73 Å². The molecule has 3 rings (SSSR count). The number of carbonyl (C=O) groups excluding carboxylic acids is 1. The van der Waals surface area contributed by atoms with E-state index in [4.69, 9.17) is 10.2 Å². The van der Waals surface area contributed by atoms with Gasteiger partial charge in [0.05, 0.1) is 6.54 Å². The number of amides is 1. The summed E-state index contributed by atoms with van der Waals surface area (Å²) < 4.78 is 5.47. The largest absolute Gasteiger partial charge is 0.455 e. The van der Waals surface area contributed by atoms with Crippen LogP contribution >= 0.6 is 0 Å². The van der Waals surface area contributed by atoms with E-state index in [1.54, 1.807) is 12.1 Å². The van der Waals surface area contributed by atoms with Crippen molar-refractivity contribution in [3.8, 4) is 0 Å². The van der Waals surface area contributed by atoms with Gasteiger partial charge in [0.15, 0.2) is 5.76 Å². The molecule has 1 aliphatic carbocycles. The molecule has 1 saturated carbocycles. The van der Waals surface area contributed by atoms with Crippen molar-refractivity contribution in [3.05, 3.63) is 23.7 Å². The lowest BCUT2D eigenvalue weighted by Crippen LogP contribution is -2.39. The molecule has 0 spiro atoms. The van der Waals surface area contributed by atoms with Gasteiger partial charge in [-0.05, 0) is 37.3 Å². The molecule has 1 aliphatic heterocycles. The van der Waals surface area contributed by atoms with Crippen LogP contribution in [0.15, 0.2) is 16.5 Å². The first kappa shape index (κ1) is 11.8. The van der Waals surface area contributed by atoms with Crippen molar-refractivity contribution >= 4 is 5.91 Å². The number of nitrogens with two attached hydrogens (primary N) is 1. The number of hydrogen-bond acceptors (Lipinski definition) is 3. The molecule has 0 radical (unpaired) electrons. The quantitative estimate of drug-likeness (QED) is 0.872. The summed E-state index contributed by atoms with van der Waals surface area (Å²) in [4.78, 5) is 14.4. The second-order valence-corrected chi connectivity index (χ2v) is 5.37. The smallest absolute Gasteiger partial charge is 0.289 e. The zero-order valence-electron chi connectivity index (χ0n) is 10.6. The standard InChI is InChI=1S/C14H20N2O2/c15-9-11-5-6-13(18-11)14(17)16-8-7-10-3-1-2-4-12(10)16/h5-6,10,12H,1-4,7-9,15H2. The normalized spacial score (nSPS) is 27.3. The average Bonchev–Trinajstić information content (AvgIpc) is 3.04. The molecule has 1 aromatic heterocycles. The minimum atomic E-state index is 0.0455. The molecule has 2 N–H and O–H groups in total. The second-order valence-electron chi connectivity index (χ2n) is 5.37. The van der Waals surface area contributed by atoms with Crippen LogP contribution in [0.2, 0.25) is 0 Å². The van der Waals surface area contributed by atoms with Crippen molar-refractivity contribution < 1.29 is 9.21 Å². The molecule has 2 unspecified atom stereocenters. The molecule has 4 heteroatoms. The minimum absolute atomic E-state index is 0.0455. The first-order valence-electron chi connectivity index (χ1n) is 6.89. The van der Waals surface area contributed by atoms with Crippen LogP contribution in [0.1, 0.15) is 48.4 Å². The average molecular weight is 248 g/mol. The Morgan fingerprint density at radius 1 is 1.33 bits per heavy atom. The zero-order valence-corrected chi connectivity index (χ0v) is 10.6.